The van der Waals surface area contributed by atoms with Crippen LogP contribution < -0.4 is 10.9 Å². The molecule has 0 aliphatic carbocycles. The molecule has 160 valence electrons. The number of nitrogens with one attached hydrogen (secondary N) is 1. The normalized spacial score (nSPS) is 15.9. The molecule has 1 aliphatic heterocycles. The van der Waals surface area contributed by atoms with Crippen molar-refractivity contribution >= 4 is 32.0 Å². The zero-order valence-electron chi connectivity index (χ0n) is 17.2. The van der Waals surface area contributed by atoms with E-state index in [2.05, 4.69) is 10.3 Å². The van der Waals surface area contributed by atoms with E-state index in [0.717, 1.165) is 36.9 Å². The molecule has 0 unspecified atom stereocenters. The van der Waals surface area contributed by atoms with E-state index >= 15 is 0 Å². The van der Waals surface area contributed by atoms with E-state index in [1.165, 1.54) is 17.4 Å². The maximum atomic E-state index is 13.2. The lowest BCUT2D eigenvalue weighted by molar-refractivity contribution is 0.423. The number of benzene rings is 1. The lowest BCUT2D eigenvalue weighted by Crippen LogP contribution is -2.32. The van der Waals surface area contributed by atoms with Crippen LogP contribution in [0.3, 0.4) is 0 Å². The molecule has 0 saturated carbocycles. The second kappa shape index (κ2) is 8.49. The van der Waals surface area contributed by atoms with Gasteiger partial charge in [-0.15, -0.1) is 11.3 Å². The van der Waals surface area contributed by atoms with Crippen LogP contribution in [-0.4, -0.2) is 35.2 Å². The fourth-order valence-corrected chi connectivity index (χ4v) is 6.45. The van der Waals surface area contributed by atoms with Crippen LogP contribution in [-0.2, 0) is 16.6 Å². The van der Waals surface area contributed by atoms with Crippen molar-refractivity contribution in [2.45, 2.75) is 51.0 Å². The van der Waals surface area contributed by atoms with E-state index in [1.807, 2.05) is 31.4 Å². The van der Waals surface area contributed by atoms with Crippen molar-refractivity contribution in [2.75, 3.05) is 18.4 Å². The predicted octanol–water partition coefficient (Wildman–Crippen LogP) is 3.55. The van der Waals surface area contributed by atoms with Gasteiger partial charge in [-0.2, -0.15) is 4.31 Å². The molecule has 0 atom stereocenters. The van der Waals surface area contributed by atoms with Gasteiger partial charge in [0, 0.05) is 35.9 Å². The number of anilines is 1. The molecule has 0 radical (unpaired) electrons. The first-order chi connectivity index (χ1) is 14.4. The molecule has 1 N–H and O–H groups in total. The van der Waals surface area contributed by atoms with Gasteiger partial charge in [0.05, 0.1) is 17.1 Å². The molecule has 3 heterocycles. The van der Waals surface area contributed by atoms with E-state index in [0.29, 0.717) is 40.9 Å². The minimum atomic E-state index is -3.53. The molecule has 9 heteroatoms. The summed E-state index contributed by atoms with van der Waals surface area (Å²) < 4.78 is 29.6. The quantitative estimate of drug-likeness (QED) is 0.648. The van der Waals surface area contributed by atoms with Crippen LogP contribution in [0, 0.1) is 13.8 Å². The highest BCUT2D eigenvalue weighted by molar-refractivity contribution is 7.89. The summed E-state index contributed by atoms with van der Waals surface area (Å²) in [6.07, 6.45) is 3.96. The van der Waals surface area contributed by atoms with Gasteiger partial charge in [0.15, 0.2) is 4.96 Å². The molecule has 0 amide bonds. The molecule has 4 rings (SSSR count). The first-order valence-corrected chi connectivity index (χ1v) is 12.5. The number of nitrogens with zero attached hydrogens (tertiary/aromatic N) is 3. The average molecular weight is 447 g/mol. The van der Waals surface area contributed by atoms with Crippen molar-refractivity contribution in [1.82, 2.24) is 13.7 Å². The van der Waals surface area contributed by atoms with Gasteiger partial charge in [-0.25, -0.2) is 13.4 Å². The Hall–Kier alpha value is -2.23. The summed E-state index contributed by atoms with van der Waals surface area (Å²) in [4.78, 5) is 17.9. The van der Waals surface area contributed by atoms with Gasteiger partial charge in [0.2, 0.25) is 10.0 Å². The third-order valence-corrected chi connectivity index (χ3v) is 8.46. The van der Waals surface area contributed by atoms with Crippen LogP contribution in [0.25, 0.3) is 4.96 Å². The van der Waals surface area contributed by atoms with Crippen molar-refractivity contribution in [2.24, 2.45) is 0 Å². The monoisotopic (exact) mass is 446 g/mol. The zero-order valence-corrected chi connectivity index (χ0v) is 18.9. The predicted molar refractivity (Wildman–Crippen MR) is 120 cm³/mol. The number of hydrogen-bond acceptors (Lipinski definition) is 6. The van der Waals surface area contributed by atoms with Crippen molar-refractivity contribution in [1.29, 1.82) is 0 Å². The third kappa shape index (κ3) is 4.14. The number of sulfonamides is 1. The number of aromatic nitrogens is 2. The lowest BCUT2D eigenvalue weighted by Gasteiger charge is -2.21. The lowest BCUT2D eigenvalue weighted by atomic mass is 10.2. The Balaban J connectivity index is 1.57. The highest BCUT2D eigenvalue weighted by Crippen LogP contribution is 2.26. The van der Waals surface area contributed by atoms with Gasteiger partial charge in [-0.05, 0) is 44.4 Å². The maximum absolute atomic E-state index is 13.2. The fraction of sp³-hybridized carbons (Fsp3) is 0.429. The minimum absolute atomic E-state index is 0.108. The second-order valence-corrected chi connectivity index (χ2v) is 10.5. The second-order valence-electron chi connectivity index (χ2n) is 7.73. The van der Waals surface area contributed by atoms with Crippen molar-refractivity contribution in [3.8, 4) is 0 Å². The molecule has 1 aromatic carbocycles. The molecule has 1 aliphatic rings. The summed E-state index contributed by atoms with van der Waals surface area (Å²) >= 11 is 1.43. The molecular formula is C21H26N4O3S2. The SMILES string of the molecule is Cc1ccc(NCc2cc(=O)n3c(C)csc3n2)cc1S(=O)(=O)N1CCCCCC1. The van der Waals surface area contributed by atoms with Crippen molar-refractivity contribution in [3.05, 3.63) is 57.0 Å². The Kier molecular flexibility index (Phi) is 5.95. The smallest absolute Gasteiger partial charge is 0.259 e. The number of aryl methyl sites for hydroxylation is 2. The summed E-state index contributed by atoms with van der Waals surface area (Å²) in [6, 6.07) is 6.89. The van der Waals surface area contributed by atoms with E-state index in [9.17, 15) is 13.2 Å². The molecule has 7 nitrogen and oxygen atoms in total. The Morgan fingerprint density at radius 1 is 1.10 bits per heavy atom. The number of fused-ring (bicyclic) bond motifs is 1. The molecular weight excluding hydrogens is 420 g/mol. The topological polar surface area (TPSA) is 83.8 Å². The number of thiazole rings is 1. The maximum Gasteiger partial charge on any atom is 0.259 e. The van der Waals surface area contributed by atoms with E-state index in [-0.39, 0.29) is 5.56 Å². The molecule has 0 spiro atoms. The Labute approximate surface area is 180 Å². The summed E-state index contributed by atoms with van der Waals surface area (Å²) in [5, 5.41) is 5.13. The highest BCUT2D eigenvalue weighted by Gasteiger charge is 2.26. The van der Waals surface area contributed by atoms with Crippen LogP contribution in [0.2, 0.25) is 0 Å². The van der Waals surface area contributed by atoms with Crippen LogP contribution in [0.4, 0.5) is 5.69 Å². The average Bonchev–Trinajstić information content (AvgIpc) is 2.92. The number of rotatable bonds is 5. The summed E-state index contributed by atoms with van der Waals surface area (Å²) in [7, 11) is -3.53. The highest BCUT2D eigenvalue weighted by atomic mass is 32.2. The Morgan fingerprint density at radius 2 is 1.83 bits per heavy atom. The zero-order chi connectivity index (χ0) is 21.3. The Morgan fingerprint density at radius 3 is 2.57 bits per heavy atom. The van der Waals surface area contributed by atoms with Gasteiger partial charge < -0.3 is 5.32 Å². The fourth-order valence-electron chi connectivity index (χ4n) is 3.79. The van der Waals surface area contributed by atoms with E-state index in [1.54, 1.807) is 14.8 Å². The summed E-state index contributed by atoms with van der Waals surface area (Å²) in [5.41, 5.74) is 2.81. The van der Waals surface area contributed by atoms with Crippen LogP contribution in [0.15, 0.2) is 39.3 Å². The van der Waals surface area contributed by atoms with Gasteiger partial charge in [0.1, 0.15) is 0 Å². The van der Waals surface area contributed by atoms with Gasteiger partial charge in [-0.3, -0.25) is 9.20 Å². The molecule has 3 aromatic rings. The first-order valence-electron chi connectivity index (χ1n) is 10.2. The molecule has 30 heavy (non-hydrogen) atoms. The van der Waals surface area contributed by atoms with Gasteiger partial charge >= 0.3 is 0 Å². The first kappa shape index (κ1) is 21.0. The van der Waals surface area contributed by atoms with Crippen LogP contribution in [0.5, 0.6) is 0 Å². The standard InChI is InChI=1S/C21H26N4O3S2/c1-15-7-8-17(11-19(15)30(27,28)24-9-5-3-4-6-10-24)22-13-18-12-20(26)25-16(2)14-29-21(25)23-18/h7-8,11-12,14,22H,3-6,9-10,13H2,1-2H3. The third-order valence-electron chi connectivity index (χ3n) is 5.47. The van der Waals surface area contributed by atoms with Gasteiger partial charge in [-0.1, -0.05) is 18.9 Å². The molecule has 1 fully saturated rings. The minimum Gasteiger partial charge on any atom is -0.379 e. The van der Waals surface area contributed by atoms with Crippen molar-refractivity contribution in [3.63, 3.8) is 0 Å². The molecule has 0 bridgehead atoms. The van der Waals surface area contributed by atoms with Crippen molar-refractivity contribution < 1.29 is 8.42 Å². The van der Waals surface area contributed by atoms with E-state index in [4.69, 9.17) is 0 Å². The summed E-state index contributed by atoms with van der Waals surface area (Å²) in [5.74, 6) is 0. The van der Waals surface area contributed by atoms with Crippen LogP contribution >= 0.6 is 11.3 Å². The molecule has 2 aromatic heterocycles. The van der Waals surface area contributed by atoms with Crippen LogP contribution in [0.1, 0.15) is 42.6 Å². The summed E-state index contributed by atoms with van der Waals surface area (Å²) in [6.45, 7) is 5.20. The largest absolute Gasteiger partial charge is 0.379 e. The molecule has 1 saturated heterocycles. The number of hydrogen-bond donors (Lipinski definition) is 1. The van der Waals surface area contributed by atoms with Gasteiger partial charge in [0.25, 0.3) is 5.56 Å². The van der Waals surface area contributed by atoms with E-state index < -0.39 is 10.0 Å². The Bertz CT molecular complexity index is 1220.